The molecule has 110 valence electrons. The quantitative estimate of drug-likeness (QED) is 0.747. The molecule has 3 atom stereocenters. The van der Waals surface area contributed by atoms with E-state index in [1.165, 1.54) is 0 Å². The maximum atomic E-state index is 6.38. The topological polar surface area (TPSA) is 30.9 Å². The van der Waals surface area contributed by atoms with Crippen LogP contribution in [0.2, 0.25) is 31.7 Å². The first-order valence-electron chi connectivity index (χ1n) is 7.10. The molecule has 0 bridgehead atoms. The maximum absolute atomic E-state index is 6.38. The van der Waals surface area contributed by atoms with Gasteiger partial charge >= 0.3 is 0 Å². The smallest absolute Gasteiger partial charge is 0.241 e. The van der Waals surface area contributed by atoms with Crippen molar-refractivity contribution in [2.75, 3.05) is 6.61 Å². The fourth-order valence-electron chi connectivity index (χ4n) is 2.84. The van der Waals surface area contributed by atoms with Gasteiger partial charge in [0.2, 0.25) is 8.32 Å². The van der Waals surface area contributed by atoms with Crippen molar-refractivity contribution >= 4 is 16.6 Å². The molecule has 0 amide bonds. The van der Waals surface area contributed by atoms with Gasteiger partial charge in [0.15, 0.2) is 8.32 Å². The molecule has 0 aromatic heterocycles. The average molecular weight is 302 g/mol. The van der Waals surface area contributed by atoms with E-state index in [0.717, 1.165) is 6.61 Å². The molecule has 0 saturated carbocycles. The largest absolute Gasteiger partial charge is 0.412 e. The summed E-state index contributed by atoms with van der Waals surface area (Å²) in [6.07, 6.45) is 0.212. The highest BCUT2D eigenvalue weighted by atomic mass is 28.4. The van der Waals surface area contributed by atoms with E-state index in [-0.39, 0.29) is 12.1 Å². The molecule has 2 fully saturated rings. The van der Waals surface area contributed by atoms with Gasteiger partial charge in [-0.1, -0.05) is 24.8 Å². The van der Waals surface area contributed by atoms with E-state index in [1.54, 1.807) is 5.23 Å². The molecule has 4 nitrogen and oxygen atoms in total. The summed E-state index contributed by atoms with van der Waals surface area (Å²) in [5.74, 6) is 0.475. The number of fused-ring (bicyclic) bond motifs is 1. The van der Waals surface area contributed by atoms with Crippen LogP contribution >= 0.6 is 0 Å². The molecule has 2 rings (SSSR count). The summed E-state index contributed by atoms with van der Waals surface area (Å²) < 4.78 is 12.5. The molecule has 0 spiro atoms. The van der Waals surface area contributed by atoms with Gasteiger partial charge < -0.3 is 8.95 Å². The van der Waals surface area contributed by atoms with Crippen molar-refractivity contribution in [3.05, 3.63) is 12.3 Å². The Hall–Kier alpha value is 0.0138. The second-order valence-corrected chi connectivity index (χ2v) is 15.0. The van der Waals surface area contributed by atoms with E-state index in [1.807, 2.05) is 5.70 Å². The van der Waals surface area contributed by atoms with Gasteiger partial charge in [0.05, 0.1) is 18.8 Å². The Labute approximate surface area is 118 Å². The maximum Gasteiger partial charge on any atom is 0.241 e. The van der Waals surface area contributed by atoms with Crippen molar-refractivity contribution in [3.63, 3.8) is 0 Å². The highest BCUT2D eigenvalue weighted by Crippen LogP contribution is 2.47. The van der Waals surface area contributed by atoms with Gasteiger partial charge in [0.1, 0.15) is 0 Å². The minimum Gasteiger partial charge on any atom is -0.412 e. The first-order chi connectivity index (χ1) is 8.68. The van der Waals surface area contributed by atoms with E-state index >= 15 is 0 Å². The zero-order valence-electron chi connectivity index (χ0n) is 13.0. The summed E-state index contributed by atoms with van der Waals surface area (Å²) in [4.78, 5) is 5.83. The normalized spacial score (nSPS) is 34.8. The van der Waals surface area contributed by atoms with E-state index in [4.69, 9.17) is 13.8 Å². The molecule has 0 aliphatic carbocycles. The standard InChI is InChI=1S/C13H27NO3Si2/c1-8-18(4,5)17-14-12-11(9-15-14)19(6,7)16-13(12)10(2)3/h8,10-13H,1,9H2,2-7H3/t11-,12+,13-/m1/s1. The fourth-order valence-corrected chi connectivity index (χ4v) is 6.45. The van der Waals surface area contributed by atoms with Gasteiger partial charge in [-0.3, -0.25) is 4.84 Å². The van der Waals surface area contributed by atoms with Gasteiger partial charge in [-0.2, -0.15) is 0 Å². The van der Waals surface area contributed by atoms with Gasteiger partial charge in [-0.05, 0) is 32.1 Å². The van der Waals surface area contributed by atoms with Crippen LogP contribution in [0.5, 0.6) is 0 Å². The summed E-state index contributed by atoms with van der Waals surface area (Å²) in [6.45, 7) is 17.9. The first-order valence-corrected chi connectivity index (χ1v) is 13.1. The zero-order chi connectivity index (χ0) is 14.4. The molecule has 6 heteroatoms. The third-order valence-electron chi connectivity index (χ3n) is 4.18. The third kappa shape index (κ3) is 2.89. The van der Waals surface area contributed by atoms with E-state index in [9.17, 15) is 0 Å². The molecular weight excluding hydrogens is 274 g/mol. The van der Waals surface area contributed by atoms with Crippen LogP contribution in [-0.2, 0) is 13.8 Å². The molecule has 0 unspecified atom stereocenters. The van der Waals surface area contributed by atoms with E-state index in [0.29, 0.717) is 11.5 Å². The van der Waals surface area contributed by atoms with Crippen molar-refractivity contribution < 1.29 is 13.8 Å². The number of nitrogens with zero attached hydrogens (tertiary/aromatic N) is 1. The lowest BCUT2D eigenvalue weighted by Crippen LogP contribution is -2.45. The van der Waals surface area contributed by atoms with Crippen molar-refractivity contribution in [3.8, 4) is 0 Å². The molecule has 2 aliphatic rings. The molecule has 19 heavy (non-hydrogen) atoms. The molecule has 0 aromatic rings. The van der Waals surface area contributed by atoms with Crippen LogP contribution in [0.3, 0.4) is 0 Å². The first kappa shape index (κ1) is 15.4. The Morgan fingerprint density at radius 1 is 1.42 bits per heavy atom. The predicted octanol–water partition coefficient (Wildman–Crippen LogP) is 3.09. The van der Waals surface area contributed by atoms with Crippen LogP contribution < -0.4 is 0 Å². The monoisotopic (exact) mass is 301 g/mol. The molecule has 2 aliphatic heterocycles. The number of hydroxylamine groups is 2. The van der Waals surface area contributed by atoms with Crippen molar-refractivity contribution in [2.24, 2.45) is 5.92 Å². The van der Waals surface area contributed by atoms with Crippen LogP contribution in [0.1, 0.15) is 13.8 Å². The molecular formula is C13H27NO3Si2. The molecule has 2 saturated heterocycles. The van der Waals surface area contributed by atoms with Crippen molar-refractivity contribution in [1.82, 2.24) is 5.23 Å². The second kappa shape index (κ2) is 5.09. The van der Waals surface area contributed by atoms with Gasteiger partial charge in [-0.15, -0.1) is 6.58 Å². The molecule has 0 radical (unpaired) electrons. The Bertz CT molecular complexity index is 360. The molecule has 0 aromatic carbocycles. The predicted molar refractivity (Wildman–Crippen MR) is 81.3 cm³/mol. The Morgan fingerprint density at radius 3 is 2.58 bits per heavy atom. The molecule has 0 N–H and O–H groups in total. The van der Waals surface area contributed by atoms with E-state index in [2.05, 4.69) is 46.6 Å². The third-order valence-corrected chi connectivity index (χ3v) is 8.99. The van der Waals surface area contributed by atoms with Crippen molar-refractivity contribution in [1.29, 1.82) is 0 Å². The lowest BCUT2D eigenvalue weighted by molar-refractivity contribution is -0.319. The van der Waals surface area contributed by atoms with Crippen LogP contribution in [0.25, 0.3) is 0 Å². The van der Waals surface area contributed by atoms with Crippen LogP contribution in [0.4, 0.5) is 0 Å². The van der Waals surface area contributed by atoms with Gasteiger partial charge in [-0.25, -0.2) is 0 Å². The summed E-state index contributed by atoms with van der Waals surface area (Å²) in [5, 5.41) is 1.75. The van der Waals surface area contributed by atoms with Crippen molar-refractivity contribution in [2.45, 2.75) is 57.7 Å². The minimum absolute atomic E-state index is 0.212. The summed E-state index contributed by atoms with van der Waals surface area (Å²) in [7, 11) is -3.57. The SMILES string of the molecule is C=C[Si](C)(C)ON1OC[C@@H]2[C@H]1[C@@H](C(C)C)O[Si]2(C)C. The number of hydrogen-bond acceptors (Lipinski definition) is 4. The Balaban J connectivity index is 2.19. The Kier molecular flexibility index (Phi) is 4.12. The van der Waals surface area contributed by atoms with Crippen LogP contribution in [0, 0.1) is 5.92 Å². The summed E-state index contributed by atoms with van der Waals surface area (Å²) in [6, 6.07) is 0.244. The average Bonchev–Trinajstić information content (AvgIpc) is 2.80. The highest BCUT2D eigenvalue weighted by molar-refractivity contribution is 6.76. The zero-order valence-corrected chi connectivity index (χ0v) is 15.0. The summed E-state index contributed by atoms with van der Waals surface area (Å²) in [5.41, 5.74) is 2.43. The van der Waals surface area contributed by atoms with Gasteiger partial charge in [0, 0.05) is 5.54 Å². The van der Waals surface area contributed by atoms with Crippen LogP contribution in [-0.4, -0.2) is 40.6 Å². The van der Waals surface area contributed by atoms with E-state index < -0.39 is 16.6 Å². The number of rotatable bonds is 4. The fraction of sp³-hybridized carbons (Fsp3) is 0.846. The Morgan fingerprint density at radius 2 is 2.05 bits per heavy atom. The van der Waals surface area contributed by atoms with Crippen LogP contribution in [0.15, 0.2) is 12.3 Å². The minimum atomic E-state index is -1.89. The summed E-state index contributed by atoms with van der Waals surface area (Å²) >= 11 is 0. The lowest BCUT2D eigenvalue weighted by atomic mass is 9.98. The number of hydrogen-bond donors (Lipinski definition) is 0. The highest BCUT2D eigenvalue weighted by Gasteiger charge is 2.59. The molecule has 2 heterocycles. The van der Waals surface area contributed by atoms with Gasteiger partial charge in [0.25, 0.3) is 0 Å². The lowest BCUT2D eigenvalue weighted by Gasteiger charge is -2.32. The second-order valence-electron chi connectivity index (χ2n) is 7.01.